The van der Waals surface area contributed by atoms with Gasteiger partial charge in [0.2, 0.25) is 5.89 Å². The van der Waals surface area contributed by atoms with E-state index >= 15 is 0 Å². The van der Waals surface area contributed by atoms with Crippen molar-refractivity contribution >= 4 is 5.91 Å². The molecule has 5 nitrogen and oxygen atoms in total. The van der Waals surface area contributed by atoms with Crippen LogP contribution in [-0.4, -0.2) is 27.3 Å². The molecule has 1 aromatic carbocycles. The number of rotatable bonds is 4. The van der Waals surface area contributed by atoms with Gasteiger partial charge in [0.25, 0.3) is 5.91 Å². The first kappa shape index (κ1) is 17.4. The van der Waals surface area contributed by atoms with E-state index in [2.05, 4.69) is 9.97 Å². The van der Waals surface area contributed by atoms with Crippen molar-refractivity contribution in [2.24, 2.45) is 0 Å². The molecule has 1 saturated heterocycles. The van der Waals surface area contributed by atoms with E-state index < -0.39 is 0 Å². The molecule has 0 bridgehead atoms. The highest BCUT2D eigenvalue weighted by Crippen LogP contribution is 2.32. The van der Waals surface area contributed by atoms with Crippen molar-refractivity contribution in [3.8, 4) is 0 Å². The number of carbonyl (C=O) groups is 1. The molecule has 0 unspecified atom stereocenters. The Kier molecular flexibility index (Phi) is 4.96. The molecule has 1 aliphatic heterocycles. The second-order valence-corrected chi connectivity index (χ2v) is 6.68. The smallest absolute Gasteiger partial charge is 0.256 e. The minimum Gasteiger partial charge on any atom is -0.443 e. The predicted molar refractivity (Wildman–Crippen MR) is 97.6 cm³/mol. The first-order valence-electron chi connectivity index (χ1n) is 9.11. The number of oxazole rings is 1. The SMILES string of the molecule is O=C(c1cccnc1)N1CCCC[C@@H]1c1ncc(Cc2ccccc2F)o1. The number of likely N-dealkylation sites (tertiary alicyclic amines) is 1. The number of amides is 1. The lowest BCUT2D eigenvalue weighted by molar-refractivity contribution is 0.0569. The fraction of sp³-hybridized carbons (Fsp3) is 0.286. The van der Waals surface area contributed by atoms with Gasteiger partial charge in [0.05, 0.1) is 11.8 Å². The summed E-state index contributed by atoms with van der Waals surface area (Å²) in [6.07, 6.45) is 7.94. The van der Waals surface area contributed by atoms with Crippen LogP contribution < -0.4 is 0 Å². The number of nitrogens with zero attached hydrogens (tertiary/aromatic N) is 3. The van der Waals surface area contributed by atoms with E-state index in [-0.39, 0.29) is 17.8 Å². The maximum atomic E-state index is 13.9. The number of carbonyl (C=O) groups excluding carboxylic acids is 1. The monoisotopic (exact) mass is 365 g/mol. The van der Waals surface area contributed by atoms with Crippen molar-refractivity contribution in [3.05, 3.63) is 83.6 Å². The molecule has 2 aromatic heterocycles. The number of aromatic nitrogens is 2. The molecule has 0 spiro atoms. The van der Waals surface area contributed by atoms with Crippen LogP contribution in [0, 0.1) is 5.82 Å². The van der Waals surface area contributed by atoms with Gasteiger partial charge in [-0.25, -0.2) is 9.37 Å². The van der Waals surface area contributed by atoms with Crippen molar-refractivity contribution in [2.75, 3.05) is 6.54 Å². The van der Waals surface area contributed by atoms with Crippen molar-refractivity contribution in [1.29, 1.82) is 0 Å². The van der Waals surface area contributed by atoms with Crippen molar-refractivity contribution < 1.29 is 13.6 Å². The summed E-state index contributed by atoms with van der Waals surface area (Å²) in [5.41, 5.74) is 1.12. The quantitative estimate of drug-likeness (QED) is 0.696. The summed E-state index contributed by atoms with van der Waals surface area (Å²) in [6.45, 7) is 0.656. The normalized spacial score (nSPS) is 17.1. The van der Waals surface area contributed by atoms with E-state index in [1.165, 1.54) is 6.07 Å². The number of hydrogen-bond donors (Lipinski definition) is 0. The molecule has 3 heterocycles. The van der Waals surface area contributed by atoms with Crippen LogP contribution in [0.4, 0.5) is 4.39 Å². The van der Waals surface area contributed by atoms with Gasteiger partial charge in [0.1, 0.15) is 17.6 Å². The zero-order chi connectivity index (χ0) is 18.6. The molecule has 1 atom stereocenters. The molecular weight excluding hydrogens is 345 g/mol. The molecule has 1 fully saturated rings. The van der Waals surface area contributed by atoms with Crippen LogP contribution in [0.1, 0.15) is 52.9 Å². The van der Waals surface area contributed by atoms with Crippen molar-refractivity contribution in [2.45, 2.75) is 31.7 Å². The van der Waals surface area contributed by atoms with Crippen LogP contribution in [-0.2, 0) is 6.42 Å². The summed E-state index contributed by atoms with van der Waals surface area (Å²) in [6, 6.07) is 9.93. The molecular formula is C21H20FN3O2. The Balaban J connectivity index is 1.55. The van der Waals surface area contributed by atoms with E-state index in [1.807, 2.05) is 0 Å². The Morgan fingerprint density at radius 1 is 1.19 bits per heavy atom. The summed E-state index contributed by atoms with van der Waals surface area (Å²) in [5, 5.41) is 0. The van der Waals surface area contributed by atoms with Crippen LogP contribution in [0.2, 0.25) is 0 Å². The highest BCUT2D eigenvalue weighted by atomic mass is 19.1. The fourth-order valence-electron chi connectivity index (χ4n) is 3.47. The van der Waals surface area contributed by atoms with E-state index in [4.69, 9.17) is 4.42 Å². The zero-order valence-corrected chi connectivity index (χ0v) is 14.8. The van der Waals surface area contributed by atoms with E-state index in [0.29, 0.717) is 35.7 Å². The van der Waals surface area contributed by atoms with Crippen LogP contribution in [0.25, 0.3) is 0 Å². The molecule has 0 N–H and O–H groups in total. The molecule has 6 heteroatoms. The molecule has 4 rings (SSSR count). The molecule has 3 aromatic rings. The van der Waals surface area contributed by atoms with Gasteiger partial charge in [0.15, 0.2) is 0 Å². The van der Waals surface area contributed by atoms with Gasteiger partial charge in [-0.3, -0.25) is 9.78 Å². The molecule has 0 radical (unpaired) electrons. The summed E-state index contributed by atoms with van der Waals surface area (Å²) in [7, 11) is 0. The molecule has 1 aliphatic rings. The van der Waals surface area contributed by atoms with Crippen LogP contribution in [0.15, 0.2) is 59.4 Å². The zero-order valence-electron chi connectivity index (χ0n) is 14.8. The number of hydrogen-bond acceptors (Lipinski definition) is 4. The number of halogens is 1. The predicted octanol–water partition coefficient (Wildman–Crippen LogP) is 4.17. The third kappa shape index (κ3) is 3.74. The molecule has 0 saturated carbocycles. The van der Waals surface area contributed by atoms with Crippen LogP contribution in [0.5, 0.6) is 0 Å². The summed E-state index contributed by atoms with van der Waals surface area (Å²) in [4.78, 5) is 23.1. The number of pyridine rings is 1. The highest BCUT2D eigenvalue weighted by Gasteiger charge is 2.32. The number of benzene rings is 1. The van der Waals surface area contributed by atoms with Crippen LogP contribution in [0.3, 0.4) is 0 Å². The topological polar surface area (TPSA) is 59.2 Å². The van der Waals surface area contributed by atoms with Gasteiger partial charge in [-0.15, -0.1) is 0 Å². The maximum absolute atomic E-state index is 13.9. The summed E-state index contributed by atoms with van der Waals surface area (Å²) >= 11 is 0. The first-order valence-corrected chi connectivity index (χ1v) is 9.11. The lowest BCUT2D eigenvalue weighted by atomic mass is 10.0. The molecule has 138 valence electrons. The minimum absolute atomic E-state index is 0.0679. The van der Waals surface area contributed by atoms with Crippen LogP contribution >= 0.6 is 0 Å². The Hall–Kier alpha value is -3.02. The van der Waals surface area contributed by atoms with Gasteiger partial charge in [-0.05, 0) is 43.0 Å². The van der Waals surface area contributed by atoms with Gasteiger partial charge in [0, 0.05) is 25.4 Å². The second-order valence-electron chi connectivity index (χ2n) is 6.68. The average molecular weight is 365 g/mol. The first-order chi connectivity index (χ1) is 13.2. The third-order valence-electron chi connectivity index (χ3n) is 4.85. The number of piperidine rings is 1. The molecule has 0 aliphatic carbocycles. The standard InChI is InChI=1S/C21H20FN3O2/c22-18-8-2-1-6-15(18)12-17-14-24-20(27-17)19-9-3-4-11-25(19)21(26)16-7-5-10-23-13-16/h1-2,5-8,10,13-14,19H,3-4,9,11-12H2/t19-/m1/s1. The van der Waals surface area contributed by atoms with Gasteiger partial charge < -0.3 is 9.32 Å². The maximum Gasteiger partial charge on any atom is 0.256 e. The van der Waals surface area contributed by atoms with Gasteiger partial charge >= 0.3 is 0 Å². The van der Waals surface area contributed by atoms with Crippen molar-refractivity contribution in [1.82, 2.24) is 14.9 Å². The van der Waals surface area contributed by atoms with E-state index in [9.17, 15) is 9.18 Å². The highest BCUT2D eigenvalue weighted by molar-refractivity contribution is 5.94. The van der Waals surface area contributed by atoms with Gasteiger partial charge in [-0.1, -0.05) is 18.2 Å². The summed E-state index contributed by atoms with van der Waals surface area (Å²) < 4.78 is 19.8. The Morgan fingerprint density at radius 3 is 2.89 bits per heavy atom. The Labute approximate surface area is 156 Å². The molecule has 1 amide bonds. The second kappa shape index (κ2) is 7.70. The summed E-state index contributed by atoms with van der Waals surface area (Å²) in [5.74, 6) is 0.774. The average Bonchev–Trinajstić information content (AvgIpc) is 3.18. The molecule has 27 heavy (non-hydrogen) atoms. The third-order valence-corrected chi connectivity index (χ3v) is 4.85. The van der Waals surface area contributed by atoms with Crippen molar-refractivity contribution in [3.63, 3.8) is 0 Å². The Morgan fingerprint density at radius 2 is 2.07 bits per heavy atom. The van der Waals surface area contributed by atoms with E-state index in [0.717, 1.165) is 19.3 Å². The van der Waals surface area contributed by atoms with E-state index in [1.54, 1.807) is 53.8 Å². The Bertz CT molecular complexity index is 926. The minimum atomic E-state index is -0.263. The lowest BCUT2D eigenvalue weighted by Crippen LogP contribution is -2.38. The fourth-order valence-corrected chi connectivity index (χ4v) is 3.47. The lowest BCUT2D eigenvalue weighted by Gasteiger charge is -2.33. The largest absolute Gasteiger partial charge is 0.443 e. The van der Waals surface area contributed by atoms with Gasteiger partial charge in [-0.2, -0.15) is 0 Å².